The van der Waals surface area contributed by atoms with Crippen molar-refractivity contribution in [1.29, 1.82) is 0 Å². The van der Waals surface area contributed by atoms with Gasteiger partial charge in [0.1, 0.15) is 24.7 Å². The first-order chi connectivity index (χ1) is 20.4. The summed E-state index contributed by atoms with van der Waals surface area (Å²) >= 11 is 4.88. The summed E-state index contributed by atoms with van der Waals surface area (Å²) < 4.78 is 19.8. The number of halogens is 1. The molecule has 1 aliphatic rings. The fourth-order valence-electron chi connectivity index (χ4n) is 4.62. The number of hydrogen-bond donors (Lipinski definition) is 0. The minimum Gasteiger partial charge on any atom is -0.490 e. The topological polar surface area (TPSA) is 79.1 Å². The Morgan fingerprint density at radius 1 is 1.10 bits per heavy atom. The first-order valence-electron chi connectivity index (χ1n) is 13.4. The third-order valence-corrected chi connectivity index (χ3v) is 8.17. The van der Waals surface area contributed by atoms with E-state index < -0.39 is 12.0 Å². The van der Waals surface area contributed by atoms with Crippen molar-refractivity contribution in [2.45, 2.75) is 26.5 Å². The minimum atomic E-state index is -0.698. The molecule has 1 atom stereocenters. The zero-order valence-corrected chi connectivity index (χ0v) is 25.6. The fourth-order valence-corrected chi connectivity index (χ4v) is 6.18. The van der Waals surface area contributed by atoms with Crippen molar-refractivity contribution in [2.75, 3.05) is 13.2 Å². The van der Waals surface area contributed by atoms with Crippen LogP contribution in [0.1, 0.15) is 36.6 Å². The lowest BCUT2D eigenvalue weighted by Crippen LogP contribution is -2.39. The number of hydrogen-bond acceptors (Lipinski definition) is 7. The molecule has 0 radical (unpaired) electrons. The van der Waals surface area contributed by atoms with Crippen LogP contribution >= 0.6 is 27.3 Å². The molecule has 5 rings (SSSR count). The van der Waals surface area contributed by atoms with Gasteiger partial charge >= 0.3 is 5.97 Å². The van der Waals surface area contributed by atoms with E-state index in [1.54, 1.807) is 24.5 Å². The summed E-state index contributed by atoms with van der Waals surface area (Å²) in [4.78, 5) is 32.2. The van der Waals surface area contributed by atoms with Crippen molar-refractivity contribution in [3.63, 3.8) is 0 Å². The highest BCUT2D eigenvalue weighted by atomic mass is 79.9. The van der Waals surface area contributed by atoms with E-state index in [-0.39, 0.29) is 12.2 Å². The van der Waals surface area contributed by atoms with Gasteiger partial charge in [-0.2, -0.15) is 0 Å². The van der Waals surface area contributed by atoms with Gasteiger partial charge in [-0.15, -0.1) is 0 Å². The van der Waals surface area contributed by atoms with Crippen LogP contribution in [0, 0.1) is 0 Å². The number of fused-ring (bicyclic) bond motifs is 1. The van der Waals surface area contributed by atoms with Gasteiger partial charge in [0.15, 0.2) is 4.80 Å². The summed E-state index contributed by atoms with van der Waals surface area (Å²) in [6, 6.07) is 22.2. The molecule has 0 N–H and O–H groups in total. The van der Waals surface area contributed by atoms with E-state index in [9.17, 15) is 9.59 Å². The molecule has 0 bridgehead atoms. The van der Waals surface area contributed by atoms with Gasteiger partial charge < -0.3 is 14.2 Å². The number of allylic oxidation sites excluding steroid dienone is 1. The van der Waals surface area contributed by atoms with Crippen LogP contribution in [0.4, 0.5) is 0 Å². The quantitative estimate of drug-likeness (QED) is 0.163. The number of esters is 1. The lowest BCUT2D eigenvalue weighted by atomic mass is 9.96. The van der Waals surface area contributed by atoms with E-state index in [4.69, 9.17) is 14.2 Å². The summed E-state index contributed by atoms with van der Waals surface area (Å²) in [5, 5.41) is 0. The summed E-state index contributed by atoms with van der Waals surface area (Å²) in [7, 11) is 0. The average molecular weight is 646 g/mol. The summed E-state index contributed by atoms with van der Waals surface area (Å²) in [5.74, 6) is 0.860. The molecule has 0 spiro atoms. The first kappa shape index (κ1) is 29.3. The maximum Gasteiger partial charge on any atom is 0.338 e. The molecule has 2 heterocycles. The Kier molecular flexibility index (Phi) is 9.19. The van der Waals surface area contributed by atoms with Gasteiger partial charge in [0.25, 0.3) is 5.56 Å². The van der Waals surface area contributed by atoms with E-state index in [1.165, 1.54) is 11.3 Å². The minimum absolute atomic E-state index is 0.209. The maximum atomic E-state index is 13.9. The number of benzene rings is 3. The highest BCUT2D eigenvalue weighted by Crippen LogP contribution is 2.32. The predicted octanol–water partition coefficient (Wildman–Crippen LogP) is 5.70. The van der Waals surface area contributed by atoms with Crippen LogP contribution in [0.2, 0.25) is 0 Å². The Morgan fingerprint density at radius 3 is 2.55 bits per heavy atom. The standard InChI is InChI=1S/C33H29BrN2O5S/c1-4-17-40-25-14-12-24(13-15-25)30-29(32(38)39-5-2)21(3)35-33-36(30)31(37)28(42-33)19-23-11-16-27(26(34)18-23)41-20-22-9-7-6-8-10-22/h4,6-16,18-19,30H,1,5,17,20H2,2-3H3/b28-19-/t30-/m1/s1. The second-order valence-corrected chi connectivity index (χ2v) is 11.3. The SMILES string of the molecule is C=CCOc1ccc([C@@H]2C(C(=O)OCC)=C(C)N=c3s/c(=C\c4ccc(OCc5ccccc5)c(Br)c4)c(=O)n32)cc1. The molecule has 0 unspecified atom stereocenters. The van der Waals surface area contributed by atoms with Gasteiger partial charge in [-0.1, -0.05) is 72.5 Å². The van der Waals surface area contributed by atoms with Crippen molar-refractivity contribution in [3.8, 4) is 11.5 Å². The van der Waals surface area contributed by atoms with Crippen LogP contribution < -0.4 is 24.4 Å². The average Bonchev–Trinajstić information content (AvgIpc) is 3.29. The molecular formula is C33H29BrN2O5S. The molecule has 1 aromatic heterocycles. The van der Waals surface area contributed by atoms with Crippen molar-refractivity contribution < 1.29 is 19.0 Å². The van der Waals surface area contributed by atoms with E-state index in [0.717, 1.165) is 21.2 Å². The van der Waals surface area contributed by atoms with Crippen molar-refractivity contribution in [1.82, 2.24) is 4.57 Å². The monoisotopic (exact) mass is 644 g/mol. The second-order valence-electron chi connectivity index (χ2n) is 9.44. The fraction of sp³-hybridized carbons (Fsp3) is 0.182. The van der Waals surface area contributed by atoms with Crippen molar-refractivity contribution in [3.05, 3.63) is 138 Å². The van der Waals surface area contributed by atoms with Gasteiger partial charge in [-0.05, 0) is 76.8 Å². The van der Waals surface area contributed by atoms with Crippen LogP contribution in [0.15, 0.2) is 111 Å². The summed E-state index contributed by atoms with van der Waals surface area (Å²) in [5.41, 5.74) is 3.24. The highest BCUT2D eigenvalue weighted by Gasteiger charge is 2.33. The number of carbonyl (C=O) groups is 1. The number of rotatable bonds is 10. The largest absolute Gasteiger partial charge is 0.490 e. The van der Waals surface area contributed by atoms with E-state index in [0.29, 0.717) is 45.3 Å². The van der Waals surface area contributed by atoms with Gasteiger partial charge in [-0.3, -0.25) is 9.36 Å². The maximum absolute atomic E-state index is 13.9. The van der Waals surface area contributed by atoms with Crippen LogP contribution in [0.25, 0.3) is 6.08 Å². The summed E-state index contributed by atoms with van der Waals surface area (Å²) in [6.07, 6.45) is 3.49. The number of ether oxygens (including phenoxy) is 3. The van der Waals surface area contributed by atoms with Crippen LogP contribution in [-0.4, -0.2) is 23.8 Å². The Balaban J connectivity index is 1.52. The molecule has 4 aromatic rings. The lowest BCUT2D eigenvalue weighted by molar-refractivity contribution is -0.139. The molecule has 214 valence electrons. The molecular weight excluding hydrogens is 616 g/mol. The zero-order valence-electron chi connectivity index (χ0n) is 23.2. The first-order valence-corrected chi connectivity index (χ1v) is 15.0. The number of carbonyl (C=O) groups excluding carboxylic acids is 1. The lowest BCUT2D eigenvalue weighted by Gasteiger charge is -2.24. The van der Waals surface area contributed by atoms with Gasteiger partial charge in [0, 0.05) is 0 Å². The smallest absolute Gasteiger partial charge is 0.338 e. The molecule has 0 saturated heterocycles. The third kappa shape index (κ3) is 6.32. The van der Waals surface area contributed by atoms with E-state index in [2.05, 4.69) is 27.5 Å². The van der Waals surface area contributed by atoms with Crippen LogP contribution in [-0.2, 0) is 16.1 Å². The number of thiazole rings is 1. The van der Waals surface area contributed by atoms with Crippen LogP contribution in [0.3, 0.4) is 0 Å². The Bertz CT molecular complexity index is 1820. The van der Waals surface area contributed by atoms with Gasteiger partial charge in [-0.25, -0.2) is 9.79 Å². The normalized spacial score (nSPS) is 14.6. The second kappa shape index (κ2) is 13.2. The molecule has 0 fully saturated rings. The predicted molar refractivity (Wildman–Crippen MR) is 167 cm³/mol. The highest BCUT2D eigenvalue weighted by molar-refractivity contribution is 9.10. The number of nitrogens with zero attached hydrogens (tertiary/aromatic N) is 2. The third-order valence-electron chi connectivity index (χ3n) is 6.57. The van der Waals surface area contributed by atoms with Crippen molar-refractivity contribution >= 4 is 39.3 Å². The molecule has 9 heteroatoms. The molecule has 0 saturated carbocycles. The molecule has 0 amide bonds. The Hall–Kier alpha value is -4.21. The Labute approximate surface area is 255 Å². The molecule has 0 aliphatic carbocycles. The molecule has 42 heavy (non-hydrogen) atoms. The molecule has 7 nitrogen and oxygen atoms in total. The van der Waals surface area contributed by atoms with E-state index in [1.807, 2.05) is 78.9 Å². The van der Waals surface area contributed by atoms with Crippen LogP contribution in [0.5, 0.6) is 11.5 Å². The summed E-state index contributed by atoms with van der Waals surface area (Å²) in [6.45, 7) is 8.22. The Morgan fingerprint density at radius 2 is 1.86 bits per heavy atom. The van der Waals surface area contributed by atoms with Gasteiger partial charge in [0.05, 0.1) is 32.9 Å². The van der Waals surface area contributed by atoms with Gasteiger partial charge in [0.2, 0.25) is 0 Å². The number of aromatic nitrogens is 1. The zero-order chi connectivity index (χ0) is 29.6. The molecule has 1 aliphatic heterocycles. The van der Waals surface area contributed by atoms with Crippen molar-refractivity contribution in [2.24, 2.45) is 4.99 Å². The van der Waals surface area contributed by atoms with E-state index >= 15 is 0 Å². The molecule has 3 aromatic carbocycles.